The Morgan fingerprint density at radius 1 is 1.28 bits per heavy atom. The van der Waals surface area contributed by atoms with Gasteiger partial charge in [0, 0.05) is 18.6 Å². The van der Waals surface area contributed by atoms with Crippen molar-refractivity contribution in [2.45, 2.75) is 44.7 Å². The summed E-state index contributed by atoms with van der Waals surface area (Å²) in [5.74, 6) is 0. The molecule has 1 aromatic carbocycles. The molecular formula is C16H26N2. The molecule has 1 aliphatic carbocycles. The summed E-state index contributed by atoms with van der Waals surface area (Å²) in [5.41, 5.74) is 1.43. The average Bonchev–Trinajstić information content (AvgIpc) is 3.22. The lowest BCUT2D eigenvalue weighted by atomic mass is 10.1. The summed E-state index contributed by atoms with van der Waals surface area (Å²) < 4.78 is 0. The van der Waals surface area contributed by atoms with E-state index < -0.39 is 0 Å². The maximum absolute atomic E-state index is 3.67. The summed E-state index contributed by atoms with van der Waals surface area (Å²) in [5, 5.41) is 3.67. The van der Waals surface area contributed by atoms with Crippen LogP contribution in [0.3, 0.4) is 0 Å². The molecule has 2 heteroatoms. The van der Waals surface area contributed by atoms with E-state index in [1.165, 1.54) is 37.8 Å². The van der Waals surface area contributed by atoms with Crippen LogP contribution in [0.2, 0.25) is 0 Å². The van der Waals surface area contributed by atoms with Gasteiger partial charge in [-0.3, -0.25) is 4.90 Å². The third-order valence-electron chi connectivity index (χ3n) is 3.76. The molecule has 1 aliphatic rings. The number of hydrogen-bond acceptors (Lipinski definition) is 2. The van der Waals surface area contributed by atoms with Gasteiger partial charge in [-0.15, -0.1) is 0 Å². The topological polar surface area (TPSA) is 15.3 Å². The monoisotopic (exact) mass is 246 g/mol. The Hall–Kier alpha value is -0.860. The van der Waals surface area contributed by atoms with Gasteiger partial charge in [-0.05, 0) is 38.4 Å². The summed E-state index contributed by atoms with van der Waals surface area (Å²) in [4.78, 5) is 2.49. The first-order valence-electron chi connectivity index (χ1n) is 7.30. The molecule has 1 saturated carbocycles. The standard InChI is InChI=1S/C16H26N2/c1-3-4-12-18(2)16(13-17-15-10-11-15)14-8-6-5-7-9-14/h5-9,15-17H,3-4,10-13H2,1-2H3. The van der Waals surface area contributed by atoms with Crippen LogP contribution >= 0.6 is 0 Å². The maximum atomic E-state index is 3.67. The first-order valence-corrected chi connectivity index (χ1v) is 7.30. The molecule has 1 fully saturated rings. The van der Waals surface area contributed by atoms with Gasteiger partial charge in [0.1, 0.15) is 0 Å². The highest BCUT2D eigenvalue weighted by Gasteiger charge is 2.23. The van der Waals surface area contributed by atoms with E-state index in [0.717, 1.165) is 12.6 Å². The highest BCUT2D eigenvalue weighted by atomic mass is 15.2. The SMILES string of the molecule is CCCCN(C)C(CNC1CC1)c1ccccc1. The van der Waals surface area contributed by atoms with Gasteiger partial charge in [-0.1, -0.05) is 43.7 Å². The second kappa shape index (κ2) is 6.91. The fourth-order valence-corrected chi connectivity index (χ4v) is 2.33. The molecule has 100 valence electrons. The molecular weight excluding hydrogens is 220 g/mol. The molecule has 2 nitrogen and oxygen atoms in total. The predicted octanol–water partition coefficient (Wildman–Crippen LogP) is 3.21. The lowest BCUT2D eigenvalue weighted by molar-refractivity contribution is 0.234. The molecule has 0 spiro atoms. The third kappa shape index (κ3) is 4.11. The van der Waals surface area contributed by atoms with Gasteiger partial charge in [-0.25, -0.2) is 0 Å². The van der Waals surface area contributed by atoms with Crippen molar-refractivity contribution < 1.29 is 0 Å². The van der Waals surface area contributed by atoms with E-state index >= 15 is 0 Å². The Kier molecular flexibility index (Phi) is 5.21. The maximum Gasteiger partial charge on any atom is 0.0469 e. The second-order valence-corrected chi connectivity index (χ2v) is 5.44. The number of benzene rings is 1. The zero-order chi connectivity index (χ0) is 12.8. The predicted molar refractivity (Wildman–Crippen MR) is 77.7 cm³/mol. The van der Waals surface area contributed by atoms with Crippen LogP contribution in [0.15, 0.2) is 30.3 Å². The third-order valence-corrected chi connectivity index (χ3v) is 3.76. The Labute approximate surface area is 111 Å². The fraction of sp³-hybridized carbons (Fsp3) is 0.625. The van der Waals surface area contributed by atoms with Gasteiger partial charge >= 0.3 is 0 Å². The van der Waals surface area contributed by atoms with Crippen molar-refractivity contribution in [2.75, 3.05) is 20.1 Å². The summed E-state index contributed by atoms with van der Waals surface area (Å²) >= 11 is 0. The number of rotatable bonds is 8. The minimum atomic E-state index is 0.512. The molecule has 1 atom stereocenters. The van der Waals surface area contributed by atoms with Crippen LogP contribution in [0.4, 0.5) is 0 Å². The molecule has 18 heavy (non-hydrogen) atoms. The van der Waals surface area contributed by atoms with Gasteiger partial charge < -0.3 is 5.32 Å². The first kappa shape index (κ1) is 13.6. The van der Waals surface area contributed by atoms with Crippen molar-refractivity contribution in [1.29, 1.82) is 0 Å². The van der Waals surface area contributed by atoms with Crippen LogP contribution in [-0.4, -0.2) is 31.1 Å². The Bertz CT molecular complexity index is 332. The zero-order valence-electron chi connectivity index (χ0n) is 11.7. The second-order valence-electron chi connectivity index (χ2n) is 5.44. The van der Waals surface area contributed by atoms with E-state index in [2.05, 4.69) is 54.5 Å². The molecule has 0 saturated heterocycles. The van der Waals surface area contributed by atoms with E-state index in [0.29, 0.717) is 6.04 Å². The number of likely N-dealkylation sites (N-methyl/N-ethyl adjacent to an activating group) is 1. The normalized spacial score (nSPS) is 17.1. The largest absolute Gasteiger partial charge is 0.312 e. The summed E-state index contributed by atoms with van der Waals surface area (Å²) in [6, 6.07) is 12.2. The van der Waals surface area contributed by atoms with Crippen molar-refractivity contribution in [1.82, 2.24) is 10.2 Å². The van der Waals surface area contributed by atoms with Gasteiger partial charge in [0.25, 0.3) is 0 Å². The van der Waals surface area contributed by atoms with Crippen molar-refractivity contribution >= 4 is 0 Å². The molecule has 0 amide bonds. The quantitative estimate of drug-likeness (QED) is 0.757. The van der Waals surface area contributed by atoms with Crippen LogP contribution < -0.4 is 5.32 Å². The Balaban J connectivity index is 1.96. The van der Waals surface area contributed by atoms with Crippen molar-refractivity contribution in [3.63, 3.8) is 0 Å². The average molecular weight is 246 g/mol. The highest BCUT2D eigenvalue weighted by molar-refractivity contribution is 5.19. The number of nitrogens with zero attached hydrogens (tertiary/aromatic N) is 1. The first-order chi connectivity index (χ1) is 8.81. The lowest BCUT2D eigenvalue weighted by Gasteiger charge is -2.29. The molecule has 0 aromatic heterocycles. The van der Waals surface area contributed by atoms with Gasteiger partial charge in [0.05, 0.1) is 0 Å². The smallest absolute Gasteiger partial charge is 0.0469 e. The van der Waals surface area contributed by atoms with Crippen LogP contribution in [-0.2, 0) is 0 Å². The Morgan fingerprint density at radius 2 is 2.00 bits per heavy atom. The molecule has 0 bridgehead atoms. The molecule has 0 heterocycles. The van der Waals surface area contributed by atoms with Crippen LogP contribution in [0.5, 0.6) is 0 Å². The van der Waals surface area contributed by atoms with E-state index in [1.807, 2.05) is 0 Å². The Morgan fingerprint density at radius 3 is 2.61 bits per heavy atom. The zero-order valence-corrected chi connectivity index (χ0v) is 11.7. The molecule has 1 N–H and O–H groups in total. The summed E-state index contributed by atoms with van der Waals surface area (Å²) in [6.07, 6.45) is 5.27. The van der Waals surface area contributed by atoms with E-state index in [4.69, 9.17) is 0 Å². The van der Waals surface area contributed by atoms with Crippen LogP contribution in [0.1, 0.15) is 44.2 Å². The van der Waals surface area contributed by atoms with Gasteiger partial charge in [0.2, 0.25) is 0 Å². The lowest BCUT2D eigenvalue weighted by Crippen LogP contribution is -2.34. The fourth-order valence-electron chi connectivity index (χ4n) is 2.33. The minimum absolute atomic E-state index is 0.512. The van der Waals surface area contributed by atoms with Crippen molar-refractivity contribution in [3.05, 3.63) is 35.9 Å². The van der Waals surface area contributed by atoms with Crippen LogP contribution in [0, 0.1) is 0 Å². The minimum Gasteiger partial charge on any atom is -0.312 e. The van der Waals surface area contributed by atoms with Crippen molar-refractivity contribution in [3.8, 4) is 0 Å². The summed E-state index contributed by atoms with van der Waals surface area (Å²) in [6.45, 7) is 4.52. The van der Waals surface area contributed by atoms with Gasteiger partial charge in [-0.2, -0.15) is 0 Å². The number of unbranched alkanes of at least 4 members (excludes halogenated alkanes) is 1. The van der Waals surface area contributed by atoms with E-state index in [9.17, 15) is 0 Å². The molecule has 2 rings (SSSR count). The number of hydrogen-bond donors (Lipinski definition) is 1. The molecule has 0 radical (unpaired) electrons. The molecule has 1 unspecified atom stereocenters. The van der Waals surface area contributed by atoms with E-state index in [1.54, 1.807) is 0 Å². The molecule has 1 aromatic rings. The van der Waals surface area contributed by atoms with Crippen LogP contribution in [0.25, 0.3) is 0 Å². The van der Waals surface area contributed by atoms with Crippen molar-refractivity contribution in [2.24, 2.45) is 0 Å². The number of nitrogens with one attached hydrogen (secondary N) is 1. The van der Waals surface area contributed by atoms with Gasteiger partial charge in [0.15, 0.2) is 0 Å². The van der Waals surface area contributed by atoms with E-state index in [-0.39, 0.29) is 0 Å². The molecule has 0 aliphatic heterocycles. The summed E-state index contributed by atoms with van der Waals surface area (Å²) in [7, 11) is 2.25. The highest BCUT2D eigenvalue weighted by Crippen LogP contribution is 2.23.